The maximum atomic E-state index is 12.4. The molecule has 0 aliphatic heterocycles. The number of carbonyl (C=O) groups excluding carboxylic acids is 2. The molecule has 0 spiro atoms. The highest BCUT2D eigenvalue weighted by Crippen LogP contribution is 2.28. The molecule has 120 valence electrons. The second-order valence-corrected chi connectivity index (χ2v) is 5.68. The zero-order valence-corrected chi connectivity index (χ0v) is 12.8. The van der Waals surface area contributed by atoms with Crippen LogP contribution in [0.2, 0.25) is 0 Å². The number of hydrogen-bond acceptors (Lipinski definition) is 4. The lowest BCUT2D eigenvalue weighted by Gasteiger charge is -2.36. The molecule has 0 aromatic heterocycles. The molecule has 2 N–H and O–H groups in total. The zero-order chi connectivity index (χ0) is 16.0. The predicted molar refractivity (Wildman–Crippen MR) is 75.8 cm³/mol. The van der Waals surface area contributed by atoms with Gasteiger partial charge >= 0.3 is 18.0 Å². The van der Waals surface area contributed by atoms with Crippen molar-refractivity contribution in [1.82, 2.24) is 10.2 Å². The summed E-state index contributed by atoms with van der Waals surface area (Å²) in [6.45, 7) is 3.32. The third-order valence-electron chi connectivity index (χ3n) is 3.87. The fourth-order valence-electron chi connectivity index (χ4n) is 2.52. The van der Waals surface area contributed by atoms with Crippen molar-refractivity contribution in [2.45, 2.75) is 57.5 Å². The fourth-order valence-corrected chi connectivity index (χ4v) is 2.52. The van der Waals surface area contributed by atoms with E-state index in [1.165, 1.54) is 12.0 Å². The third kappa shape index (κ3) is 4.34. The monoisotopic (exact) mass is 300 g/mol. The summed E-state index contributed by atoms with van der Waals surface area (Å²) in [6.07, 6.45) is 3.34. The van der Waals surface area contributed by atoms with E-state index in [-0.39, 0.29) is 12.6 Å². The van der Waals surface area contributed by atoms with Gasteiger partial charge in [-0.3, -0.25) is 4.79 Å². The molecule has 7 heteroatoms. The summed E-state index contributed by atoms with van der Waals surface area (Å²) < 4.78 is 4.57. The van der Waals surface area contributed by atoms with Gasteiger partial charge in [0.1, 0.15) is 12.1 Å². The number of amides is 2. The first kappa shape index (κ1) is 17.3. The van der Waals surface area contributed by atoms with E-state index in [4.69, 9.17) is 0 Å². The maximum absolute atomic E-state index is 12.4. The van der Waals surface area contributed by atoms with Crippen LogP contribution in [0.25, 0.3) is 0 Å². The van der Waals surface area contributed by atoms with Gasteiger partial charge in [-0.25, -0.2) is 9.59 Å². The highest BCUT2D eigenvalue weighted by Gasteiger charge is 2.42. The molecule has 0 unspecified atom stereocenters. The van der Waals surface area contributed by atoms with E-state index < -0.39 is 23.5 Å². The van der Waals surface area contributed by atoms with Crippen LogP contribution in [-0.2, 0) is 14.3 Å². The number of carbonyl (C=O) groups is 3. The lowest BCUT2D eigenvalue weighted by atomic mass is 9.82. The number of hydrogen-bond donors (Lipinski definition) is 2. The van der Waals surface area contributed by atoms with Gasteiger partial charge in [-0.05, 0) is 26.7 Å². The normalized spacial score (nSPS) is 17.1. The molecular weight excluding hydrogens is 276 g/mol. The number of esters is 1. The molecular formula is C14H24N2O5. The molecule has 7 nitrogen and oxygen atoms in total. The Hall–Kier alpha value is -1.79. The van der Waals surface area contributed by atoms with Crippen molar-refractivity contribution in [3.05, 3.63) is 0 Å². The Morgan fingerprint density at radius 3 is 2.24 bits per heavy atom. The van der Waals surface area contributed by atoms with Crippen LogP contribution in [0.3, 0.4) is 0 Å². The predicted octanol–water partition coefficient (Wildman–Crippen LogP) is 1.37. The Labute approximate surface area is 124 Å². The molecule has 1 fully saturated rings. The second-order valence-electron chi connectivity index (χ2n) is 5.68. The molecule has 1 aliphatic rings. The van der Waals surface area contributed by atoms with Crippen LogP contribution in [0.5, 0.6) is 0 Å². The molecule has 1 rings (SSSR count). The van der Waals surface area contributed by atoms with Crippen LogP contribution in [0.15, 0.2) is 0 Å². The number of carboxylic acids is 1. The van der Waals surface area contributed by atoms with Gasteiger partial charge in [0.25, 0.3) is 0 Å². The van der Waals surface area contributed by atoms with Gasteiger partial charge in [0.15, 0.2) is 0 Å². The summed E-state index contributed by atoms with van der Waals surface area (Å²) in [4.78, 5) is 36.6. The van der Waals surface area contributed by atoms with Crippen molar-refractivity contribution in [1.29, 1.82) is 0 Å². The number of nitrogens with zero attached hydrogens (tertiary/aromatic N) is 1. The van der Waals surface area contributed by atoms with Crippen molar-refractivity contribution in [3.8, 4) is 0 Å². The van der Waals surface area contributed by atoms with Crippen molar-refractivity contribution < 1.29 is 24.2 Å². The van der Waals surface area contributed by atoms with Crippen LogP contribution in [0.4, 0.5) is 4.79 Å². The van der Waals surface area contributed by atoms with Crippen molar-refractivity contribution in [3.63, 3.8) is 0 Å². The number of nitrogens with one attached hydrogen (secondary N) is 1. The topological polar surface area (TPSA) is 95.9 Å². The van der Waals surface area contributed by atoms with Crippen LogP contribution >= 0.6 is 0 Å². The van der Waals surface area contributed by atoms with Gasteiger partial charge in [0.05, 0.1) is 7.11 Å². The SMILES string of the molecule is COC(=O)CN(C(=O)NC1(C(=O)O)CCCCC1)C(C)C. The van der Waals surface area contributed by atoms with E-state index in [9.17, 15) is 19.5 Å². The summed E-state index contributed by atoms with van der Waals surface area (Å²) in [5, 5.41) is 12.1. The number of methoxy groups -OCH3 is 1. The van der Waals surface area contributed by atoms with E-state index in [1.807, 2.05) is 0 Å². The van der Waals surface area contributed by atoms with Crippen LogP contribution in [-0.4, -0.2) is 53.2 Å². The van der Waals surface area contributed by atoms with Crippen molar-refractivity contribution in [2.75, 3.05) is 13.7 Å². The Morgan fingerprint density at radius 1 is 1.24 bits per heavy atom. The number of urea groups is 1. The smallest absolute Gasteiger partial charge is 0.329 e. The van der Waals surface area contributed by atoms with Crippen molar-refractivity contribution in [2.24, 2.45) is 0 Å². The fraction of sp³-hybridized carbons (Fsp3) is 0.786. The summed E-state index contributed by atoms with van der Waals surface area (Å²) in [5.41, 5.74) is -1.22. The second kappa shape index (κ2) is 7.28. The molecule has 0 bridgehead atoms. The average molecular weight is 300 g/mol. The first-order chi connectivity index (χ1) is 9.82. The van der Waals surface area contributed by atoms with E-state index in [2.05, 4.69) is 10.1 Å². The maximum Gasteiger partial charge on any atom is 0.329 e. The Kier molecular flexibility index (Phi) is 5.99. The first-order valence-corrected chi connectivity index (χ1v) is 7.21. The largest absolute Gasteiger partial charge is 0.480 e. The minimum absolute atomic E-state index is 0.199. The number of rotatable bonds is 5. The van der Waals surface area contributed by atoms with Gasteiger partial charge in [-0.1, -0.05) is 19.3 Å². The number of carboxylic acid groups (broad SMARTS) is 1. The average Bonchev–Trinajstić information content (AvgIpc) is 2.44. The van der Waals surface area contributed by atoms with E-state index >= 15 is 0 Å². The first-order valence-electron chi connectivity index (χ1n) is 7.21. The minimum Gasteiger partial charge on any atom is -0.480 e. The lowest BCUT2D eigenvalue weighted by molar-refractivity contribution is -0.146. The van der Waals surface area contributed by atoms with Crippen LogP contribution in [0, 0.1) is 0 Å². The molecule has 1 saturated carbocycles. The molecule has 0 aromatic carbocycles. The molecule has 21 heavy (non-hydrogen) atoms. The van der Waals surface area contributed by atoms with Gasteiger partial charge in [-0.15, -0.1) is 0 Å². The molecule has 0 heterocycles. The van der Waals surface area contributed by atoms with Gasteiger partial charge < -0.3 is 20.1 Å². The van der Waals surface area contributed by atoms with Crippen LogP contribution in [0.1, 0.15) is 46.0 Å². The quantitative estimate of drug-likeness (QED) is 0.747. The third-order valence-corrected chi connectivity index (χ3v) is 3.87. The molecule has 0 atom stereocenters. The molecule has 0 aromatic rings. The summed E-state index contributed by atoms with van der Waals surface area (Å²) in [6, 6.07) is -0.779. The molecule has 0 saturated heterocycles. The summed E-state index contributed by atoms with van der Waals surface area (Å²) >= 11 is 0. The highest BCUT2D eigenvalue weighted by molar-refractivity contribution is 5.88. The summed E-state index contributed by atoms with van der Waals surface area (Å²) in [5.74, 6) is -1.55. The van der Waals surface area contributed by atoms with E-state index in [1.54, 1.807) is 13.8 Å². The standard InChI is InChI=1S/C14H24N2O5/c1-10(2)16(9-11(17)21-3)13(20)15-14(12(18)19)7-5-4-6-8-14/h10H,4-9H2,1-3H3,(H,15,20)(H,18,19). The number of aliphatic carboxylic acids is 1. The van der Waals surface area contributed by atoms with Gasteiger partial charge in [0, 0.05) is 6.04 Å². The number of ether oxygens (including phenoxy) is 1. The molecule has 2 amide bonds. The van der Waals surface area contributed by atoms with Gasteiger partial charge in [-0.2, -0.15) is 0 Å². The van der Waals surface area contributed by atoms with E-state index in [0.29, 0.717) is 12.8 Å². The highest BCUT2D eigenvalue weighted by atomic mass is 16.5. The molecule has 0 radical (unpaired) electrons. The molecule has 1 aliphatic carbocycles. The van der Waals surface area contributed by atoms with Gasteiger partial charge in [0.2, 0.25) is 0 Å². The zero-order valence-electron chi connectivity index (χ0n) is 12.8. The Bertz CT molecular complexity index is 402. The lowest BCUT2D eigenvalue weighted by Crippen LogP contribution is -2.60. The summed E-state index contributed by atoms with van der Waals surface area (Å²) in [7, 11) is 1.25. The minimum atomic E-state index is -1.22. The Balaban J connectivity index is 2.83. The van der Waals surface area contributed by atoms with Crippen LogP contribution < -0.4 is 5.32 Å². The van der Waals surface area contributed by atoms with Crippen molar-refractivity contribution >= 4 is 18.0 Å². The Morgan fingerprint density at radius 2 is 1.81 bits per heavy atom. The van der Waals surface area contributed by atoms with E-state index in [0.717, 1.165) is 19.3 Å².